The Morgan fingerprint density at radius 3 is 1.72 bits per heavy atom. The number of hydrogen-bond acceptors (Lipinski definition) is 18. The topological polar surface area (TPSA) is 229 Å². The van der Waals surface area contributed by atoms with E-state index < -0.39 is 0 Å². The number of para-hydroxylation sites is 4. The first kappa shape index (κ1) is 91.0. The number of cyclic esters (lactones) is 1. The van der Waals surface area contributed by atoms with E-state index in [1.54, 1.807) is 19.2 Å². The van der Waals surface area contributed by atoms with Gasteiger partial charge in [-0.15, -0.1) is 0 Å². The van der Waals surface area contributed by atoms with Crippen molar-refractivity contribution in [3.05, 3.63) is 361 Å². The molecule has 127 heavy (non-hydrogen) atoms. The van der Waals surface area contributed by atoms with Crippen molar-refractivity contribution >= 4 is 53.8 Å². The van der Waals surface area contributed by atoms with E-state index in [4.69, 9.17) is 47.4 Å². The summed E-state index contributed by atoms with van der Waals surface area (Å²) in [5.74, 6) is 8.51. The Bertz CT molecular complexity index is 5820. The van der Waals surface area contributed by atoms with Gasteiger partial charge in [0.15, 0.2) is 0 Å². The molecule has 2 fully saturated rings. The molecule has 0 bridgehead atoms. The lowest BCUT2D eigenvalue weighted by molar-refractivity contribution is -0.168. The molecule has 21 rings (SSSR count). The second-order valence-corrected chi connectivity index (χ2v) is 33.4. The third-order valence-electron chi connectivity index (χ3n) is 24.0. The van der Waals surface area contributed by atoms with Crippen LogP contribution in [-0.2, 0) is 88.2 Å². The molecule has 652 valence electrons. The molecule has 0 amide bonds. The second kappa shape index (κ2) is 43.2. The lowest BCUT2D eigenvalue weighted by Crippen LogP contribution is -2.43. The smallest absolute Gasteiger partial charge is 0.339 e. The van der Waals surface area contributed by atoms with Crippen LogP contribution < -0.4 is 37.9 Å². The van der Waals surface area contributed by atoms with Crippen molar-refractivity contribution in [2.24, 2.45) is 23.7 Å². The van der Waals surface area contributed by atoms with Gasteiger partial charge in [-0.2, -0.15) is 0 Å². The largest absolute Gasteiger partial charge is 0.497 e. The van der Waals surface area contributed by atoms with Crippen molar-refractivity contribution in [3.8, 4) is 46.0 Å². The zero-order valence-corrected chi connectivity index (χ0v) is 73.5. The Balaban J connectivity index is 0.000000124. The predicted octanol–water partition coefficient (Wildman–Crippen LogP) is 22.0. The summed E-state index contributed by atoms with van der Waals surface area (Å²) in [4.78, 5) is 89.3. The Hall–Kier alpha value is -13.7. The van der Waals surface area contributed by atoms with Crippen LogP contribution >= 0.6 is 0 Å². The third kappa shape index (κ3) is 24.5. The van der Waals surface area contributed by atoms with Gasteiger partial charge in [-0.05, 0) is 218 Å². The van der Waals surface area contributed by atoms with Crippen LogP contribution in [0.4, 0.5) is 0 Å². The highest BCUT2D eigenvalue weighted by Gasteiger charge is 2.41. The van der Waals surface area contributed by atoms with E-state index in [0.717, 1.165) is 123 Å². The number of allylic oxidation sites excluding steroid dienone is 1. The molecule has 0 aromatic heterocycles. The molecule has 9 heterocycles. The van der Waals surface area contributed by atoms with Crippen LogP contribution in [0.25, 0.3) is 6.08 Å². The molecule has 1 saturated heterocycles. The fraction of sp³-hybridized carbons (Fsp3) is 0.284. The Labute approximate surface area is 743 Å². The summed E-state index contributed by atoms with van der Waals surface area (Å²) < 4.78 is 52.2. The van der Waals surface area contributed by atoms with E-state index in [2.05, 4.69) is 94.9 Å². The van der Waals surface area contributed by atoms with Crippen molar-refractivity contribution in [2.75, 3.05) is 7.11 Å². The minimum Gasteiger partial charge on any atom is -0.497 e. The maximum Gasteiger partial charge on any atom is 0.339 e. The van der Waals surface area contributed by atoms with Gasteiger partial charge in [0.2, 0.25) is 0 Å². The van der Waals surface area contributed by atoms with Crippen LogP contribution in [0.2, 0.25) is 0 Å². The summed E-state index contributed by atoms with van der Waals surface area (Å²) >= 11 is 0. The summed E-state index contributed by atoms with van der Waals surface area (Å²) in [6.07, 6.45) is 12.9. The van der Waals surface area contributed by atoms with Crippen LogP contribution in [-0.4, -0.2) is 61.0 Å². The first-order chi connectivity index (χ1) is 61.4. The molecule has 1 saturated carbocycles. The van der Waals surface area contributed by atoms with Crippen molar-refractivity contribution in [2.45, 2.75) is 170 Å². The van der Waals surface area contributed by atoms with Crippen LogP contribution in [0, 0.1) is 58.3 Å². The molecule has 11 aromatic carbocycles. The first-order valence-electron chi connectivity index (χ1n) is 43.5. The van der Waals surface area contributed by atoms with Gasteiger partial charge < -0.3 is 47.4 Å². The van der Waals surface area contributed by atoms with Gasteiger partial charge in [0, 0.05) is 52.9 Å². The lowest BCUT2D eigenvalue weighted by Gasteiger charge is -2.42. The van der Waals surface area contributed by atoms with E-state index in [9.17, 15) is 38.4 Å². The number of rotatable bonds is 5. The van der Waals surface area contributed by atoms with E-state index in [1.807, 2.05) is 210 Å². The maximum absolute atomic E-state index is 11.9. The van der Waals surface area contributed by atoms with E-state index >= 15 is 0 Å². The van der Waals surface area contributed by atoms with Gasteiger partial charge >= 0.3 is 47.8 Å². The monoisotopic (exact) mass is 1700 g/mol. The predicted molar refractivity (Wildman–Crippen MR) is 486 cm³/mol. The summed E-state index contributed by atoms with van der Waals surface area (Å²) in [5.41, 5.74) is 19.6. The van der Waals surface area contributed by atoms with Gasteiger partial charge in [0.05, 0.1) is 44.8 Å². The molecular weight excluding hydrogens is 1600 g/mol. The standard InChI is InChI=1S/C19H20O2.C16H14O2.C16H12O2.C12H14O2.C11H18O2.C10H10O2.C9H8O2.2C8H6O2/c1-13-4-6-15(7-5-13)10-16-11-17-12-18(20-3)8-9-19(17)21-14(16)2;1-11-7-8-13-14(12-5-3-2-4-6-12)10-16(17)18-15(13)9-11;17-16-14(10-12-6-2-1-3-7-12)11-13-8-4-5-9-15(13)18-16;1-7-6-8(2)10-4-5-11(13)14-12(10)9(7)3;1-7-4-3-5-9-11(7)8(2)6-10(12)13-9;1-7-6-10(11)12-9-5-3-2-4-8(7)9;10-9-6-5-7-3-1-2-4-8(7)11-9;9-8-7-4-2-1-3-6(7)5-10-8;9-8-5-6-3-1-2-4-7(6)10-8/h4-9,12,16H,2,10-11H2,1,3H3;2-9,14H,10H2,1H3;1-10H,11H2;6H,4-5H2,1-3H3;7-9,11H,3-6H2,1-2H3;2-5,7H,6H2,1H3;1-4H,5-6H2;2*1-4H,5H2/b;;14-10+;;;;;;. The van der Waals surface area contributed by atoms with Crippen molar-refractivity contribution in [1.29, 1.82) is 0 Å². The average molecular weight is 1710 g/mol. The second-order valence-electron chi connectivity index (χ2n) is 33.4. The molecule has 0 N–H and O–H groups in total. The number of hydrogen-bond donors (Lipinski definition) is 0. The summed E-state index contributed by atoms with van der Waals surface area (Å²) in [6.45, 7) is 21.3. The van der Waals surface area contributed by atoms with Gasteiger partial charge in [-0.1, -0.05) is 233 Å². The number of aryl methyl sites for hydroxylation is 5. The minimum absolute atomic E-state index is 0.0165. The van der Waals surface area contributed by atoms with Crippen LogP contribution in [0.3, 0.4) is 0 Å². The molecule has 7 atom stereocenters. The average Bonchev–Trinajstić information content (AvgIpc) is 1.82. The summed E-state index contributed by atoms with van der Waals surface area (Å²) in [5, 5.41) is 0. The molecule has 1 aliphatic carbocycles. The van der Waals surface area contributed by atoms with Crippen molar-refractivity contribution in [1.82, 2.24) is 0 Å². The highest BCUT2D eigenvalue weighted by Crippen LogP contribution is 2.44. The van der Waals surface area contributed by atoms with Crippen LogP contribution in [0.1, 0.15) is 183 Å². The van der Waals surface area contributed by atoms with E-state index in [-0.39, 0.29) is 59.8 Å². The third-order valence-corrected chi connectivity index (χ3v) is 24.0. The first-order valence-corrected chi connectivity index (χ1v) is 43.5. The molecule has 7 unspecified atom stereocenters. The number of benzene rings is 11. The normalized spacial score (nSPS) is 19.6. The van der Waals surface area contributed by atoms with Gasteiger partial charge in [0.1, 0.15) is 64.5 Å². The molecule has 10 aliphatic rings. The molecular formula is C109H108O18. The van der Waals surface area contributed by atoms with Crippen molar-refractivity contribution in [3.63, 3.8) is 0 Å². The number of carbonyl (C=O) groups is 8. The van der Waals surface area contributed by atoms with Crippen molar-refractivity contribution < 1.29 is 85.7 Å². The molecule has 11 aromatic rings. The fourth-order valence-electron chi connectivity index (χ4n) is 17.1. The lowest BCUT2D eigenvalue weighted by atomic mass is 9.70. The quantitative estimate of drug-likeness (QED) is 0.0886. The number of esters is 8. The van der Waals surface area contributed by atoms with Crippen LogP contribution in [0.15, 0.2) is 267 Å². The number of methoxy groups -OCH3 is 1. The molecule has 0 spiro atoms. The van der Waals surface area contributed by atoms with Crippen LogP contribution in [0.5, 0.6) is 46.0 Å². The fourth-order valence-corrected chi connectivity index (χ4v) is 17.1. The number of ether oxygens (including phenoxy) is 10. The summed E-state index contributed by atoms with van der Waals surface area (Å²) in [7, 11) is 1.69. The van der Waals surface area contributed by atoms with Gasteiger partial charge in [0.25, 0.3) is 0 Å². The Kier molecular flexibility index (Phi) is 31.0. The van der Waals surface area contributed by atoms with E-state index in [0.29, 0.717) is 104 Å². The number of fused-ring (bicyclic) bond motifs is 9. The van der Waals surface area contributed by atoms with E-state index in [1.165, 1.54) is 51.8 Å². The highest BCUT2D eigenvalue weighted by atomic mass is 16.6. The zero-order chi connectivity index (χ0) is 89.6. The highest BCUT2D eigenvalue weighted by molar-refractivity contribution is 5.97. The number of carbonyl (C=O) groups excluding carboxylic acids is 8. The summed E-state index contributed by atoms with van der Waals surface area (Å²) in [6, 6.07) is 80.6. The molecule has 18 nitrogen and oxygen atoms in total. The molecule has 18 heteroatoms. The van der Waals surface area contributed by atoms with Gasteiger partial charge in [-0.3, -0.25) is 28.8 Å². The minimum atomic E-state index is -0.252. The Morgan fingerprint density at radius 2 is 1.01 bits per heavy atom. The maximum atomic E-state index is 11.9. The SMILES string of the molecule is C=C1Oc2ccc(OC)cc2CC1Cc1ccc(C)cc1.CC1CC(=O)Oc2ccccc21.CC1CCCC2OC(=O)CC(C)C12.Cc1cc(C)c2c(c1C)OC(=O)CC2.Cc1ccc2c(c1)OC(=O)CC2c1ccccc1.O=C1CCc2ccccc2O1.O=C1Cc2ccccc2O1.O=C1OCc2ccccc21.O=C1Oc2ccccc2C/C1=C\c1ccccc1. The van der Waals surface area contributed by atoms with Gasteiger partial charge in [-0.25, -0.2) is 9.59 Å². The molecule has 9 aliphatic heterocycles. The zero-order valence-electron chi connectivity index (χ0n) is 73.5. The molecule has 0 radical (unpaired) electrons. The Morgan fingerprint density at radius 1 is 0.425 bits per heavy atom.